The van der Waals surface area contributed by atoms with Crippen LogP contribution in [0.25, 0.3) is 5.65 Å². The Balaban J connectivity index is 2.45. The molecule has 2 aromatic heterocycles. The van der Waals surface area contributed by atoms with Crippen LogP contribution in [-0.2, 0) is 0 Å². The fourth-order valence-corrected chi connectivity index (χ4v) is 1.79. The molecule has 0 saturated heterocycles. The summed E-state index contributed by atoms with van der Waals surface area (Å²) in [4.78, 5) is 8.59. The number of fused-ring (bicyclic) bond motifs is 1. The number of nitrogens with one attached hydrogen (secondary N) is 1. The van der Waals surface area contributed by atoms with Crippen molar-refractivity contribution < 1.29 is 5.11 Å². The molecule has 0 saturated carbocycles. The maximum absolute atomic E-state index is 9.70. The molecule has 0 amide bonds. The summed E-state index contributed by atoms with van der Waals surface area (Å²) >= 11 is 3.35. The molecule has 1 atom stereocenters. The number of rotatable bonds is 3. The van der Waals surface area contributed by atoms with E-state index in [4.69, 9.17) is 0 Å². The van der Waals surface area contributed by atoms with E-state index in [1.807, 2.05) is 30.6 Å². The first-order valence-corrected chi connectivity index (χ1v) is 6.15. The van der Waals surface area contributed by atoms with Crippen molar-refractivity contribution in [2.24, 2.45) is 0 Å². The number of hydrogen-bond acceptors (Lipinski definition) is 4. The number of anilines is 1. The molecule has 2 aromatic rings. The van der Waals surface area contributed by atoms with Crippen LogP contribution >= 0.6 is 15.9 Å². The van der Waals surface area contributed by atoms with Crippen LogP contribution in [0, 0.1) is 0 Å². The highest BCUT2D eigenvalue weighted by atomic mass is 79.9. The first kappa shape index (κ1) is 12.3. The maximum atomic E-state index is 9.70. The Morgan fingerprint density at radius 2 is 2.24 bits per heavy atom. The quantitative estimate of drug-likeness (QED) is 0.910. The summed E-state index contributed by atoms with van der Waals surface area (Å²) in [5, 5.41) is 12.9. The lowest BCUT2D eigenvalue weighted by Gasteiger charge is -2.30. The van der Waals surface area contributed by atoms with Crippen LogP contribution in [0.5, 0.6) is 0 Å². The van der Waals surface area contributed by atoms with Gasteiger partial charge in [-0.3, -0.25) is 0 Å². The number of aliphatic hydroxyl groups excluding tert-OH is 1. The SMILES string of the molecule is CC(O)C(C)(C)Nc1nc(Br)cn2ccnc12. The summed E-state index contributed by atoms with van der Waals surface area (Å²) in [5.74, 6) is 0.648. The molecule has 0 aromatic carbocycles. The molecule has 6 heteroatoms. The van der Waals surface area contributed by atoms with Crippen LogP contribution in [0.2, 0.25) is 0 Å². The highest BCUT2D eigenvalue weighted by Gasteiger charge is 2.25. The summed E-state index contributed by atoms with van der Waals surface area (Å²) < 4.78 is 2.59. The number of nitrogens with zero attached hydrogens (tertiary/aromatic N) is 3. The molecule has 0 spiro atoms. The Morgan fingerprint density at radius 3 is 2.88 bits per heavy atom. The summed E-state index contributed by atoms with van der Waals surface area (Å²) in [6.45, 7) is 5.58. The number of aromatic nitrogens is 3. The van der Waals surface area contributed by atoms with Gasteiger partial charge in [0.15, 0.2) is 11.5 Å². The molecule has 2 N–H and O–H groups in total. The predicted octanol–water partition coefficient (Wildman–Crippen LogP) is 2.06. The maximum Gasteiger partial charge on any atom is 0.180 e. The number of hydrogen-bond donors (Lipinski definition) is 2. The van der Waals surface area contributed by atoms with E-state index in [0.29, 0.717) is 10.4 Å². The predicted molar refractivity (Wildman–Crippen MR) is 70.1 cm³/mol. The van der Waals surface area contributed by atoms with Crippen LogP contribution in [0.1, 0.15) is 20.8 Å². The number of aliphatic hydroxyl groups is 1. The minimum Gasteiger partial charge on any atom is -0.391 e. The normalized spacial score (nSPS) is 13.9. The van der Waals surface area contributed by atoms with E-state index in [2.05, 4.69) is 31.2 Å². The second kappa shape index (κ2) is 4.27. The van der Waals surface area contributed by atoms with Crippen LogP contribution in [-0.4, -0.2) is 31.1 Å². The van der Waals surface area contributed by atoms with Gasteiger partial charge >= 0.3 is 0 Å². The van der Waals surface area contributed by atoms with E-state index in [1.54, 1.807) is 13.1 Å². The second-order valence-electron chi connectivity index (χ2n) is 4.59. The van der Waals surface area contributed by atoms with Gasteiger partial charge in [0.25, 0.3) is 0 Å². The molecule has 0 aliphatic carbocycles. The van der Waals surface area contributed by atoms with Crippen LogP contribution < -0.4 is 5.32 Å². The van der Waals surface area contributed by atoms with E-state index in [1.165, 1.54) is 0 Å². The Morgan fingerprint density at radius 1 is 1.53 bits per heavy atom. The number of halogens is 1. The Kier molecular flexibility index (Phi) is 3.09. The van der Waals surface area contributed by atoms with Gasteiger partial charge in [-0.2, -0.15) is 0 Å². The van der Waals surface area contributed by atoms with Gasteiger partial charge in [0.05, 0.1) is 11.6 Å². The summed E-state index contributed by atoms with van der Waals surface area (Å²) in [6.07, 6.45) is 4.90. The van der Waals surface area contributed by atoms with Crippen LogP contribution in [0.4, 0.5) is 5.82 Å². The minimum absolute atomic E-state index is 0.472. The monoisotopic (exact) mass is 298 g/mol. The molecule has 0 bridgehead atoms. The summed E-state index contributed by atoms with van der Waals surface area (Å²) in [7, 11) is 0. The van der Waals surface area contributed by atoms with Gasteiger partial charge in [0.2, 0.25) is 0 Å². The molecular weight excluding hydrogens is 284 g/mol. The summed E-state index contributed by atoms with van der Waals surface area (Å²) in [6, 6.07) is 0. The minimum atomic E-state index is -0.502. The zero-order chi connectivity index (χ0) is 12.6. The Hall–Kier alpha value is -1.14. The van der Waals surface area contributed by atoms with Gasteiger partial charge in [-0.15, -0.1) is 0 Å². The standard InChI is InChI=1S/C11H15BrN4O/c1-7(17)11(2,3)15-9-10-13-4-5-16(10)6-8(12)14-9/h4-7,17H,1-3H3,(H,14,15). The van der Waals surface area contributed by atoms with Crippen molar-refractivity contribution in [2.45, 2.75) is 32.4 Å². The fraction of sp³-hybridized carbons (Fsp3) is 0.455. The van der Waals surface area contributed by atoms with E-state index < -0.39 is 11.6 Å². The van der Waals surface area contributed by atoms with E-state index in [9.17, 15) is 5.11 Å². The average Bonchev–Trinajstić information content (AvgIpc) is 2.64. The number of imidazole rings is 1. The molecule has 17 heavy (non-hydrogen) atoms. The van der Waals surface area contributed by atoms with Gasteiger partial charge in [0.1, 0.15) is 4.60 Å². The Labute approximate surface area is 108 Å². The van der Waals surface area contributed by atoms with Crippen molar-refractivity contribution >= 4 is 27.4 Å². The van der Waals surface area contributed by atoms with E-state index in [-0.39, 0.29) is 0 Å². The van der Waals surface area contributed by atoms with Crippen molar-refractivity contribution in [1.82, 2.24) is 14.4 Å². The van der Waals surface area contributed by atoms with Gasteiger partial charge < -0.3 is 14.8 Å². The molecule has 0 aliphatic rings. The first-order chi connectivity index (χ1) is 7.90. The van der Waals surface area contributed by atoms with Crippen molar-refractivity contribution in [1.29, 1.82) is 0 Å². The van der Waals surface area contributed by atoms with Gasteiger partial charge in [-0.05, 0) is 36.7 Å². The van der Waals surface area contributed by atoms with Crippen molar-refractivity contribution in [3.63, 3.8) is 0 Å². The smallest absolute Gasteiger partial charge is 0.180 e. The third kappa shape index (κ3) is 2.42. The molecule has 0 fully saturated rings. The largest absolute Gasteiger partial charge is 0.391 e. The van der Waals surface area contributed by atoms with E-state index in [0.717, 1.165) is 5.65 Å². The van der Waals surface area contributed by atoms with Gasteiger partial charge in [-0.25, -0.2) is 9.97 Å². The van der Waals surface area contributed by atoms with Crippen molar-refractivity contribution in [3.8, 4) is 0 Å². The molecule has 92 valence electrons. The first-order valence-electron chi connectivity index (χ1n) is 5.35. The average molecular weight is 299 g/mol. The lowest BCUT2D eigenvalue weighted by molar-refractivity contribution is 0.133. The lowest BCUT2D eigenvalue weighted by Crippen LogP contribution is -2.42. The third-order valence-electron chi connectivity index (χ3n) is 2.83. The molecule has 2 heterocycles. The third-order valence-corrected chi connectivity index (χ3v) is 3.21. The summed E-state index contributed by atoms with van der Waals surface area (Å²) in [5.41, 5.74) is 0.266. The van der Waals surface area contributed by atoms with Crippen molar-refractivity contribution in [3.05, 3.63) is 23.2 Å². The van der Waals surface area contributed by atoms with Crippen LogP contribution in [0.15, 0.2) is 23.2 Å². The molecule has 0 radical (unpaired) electrons. The van der Waals surface area contributed by atoms with Gasteiger partial charge in [0, 0.05) is 18.6 Å². The zero-order valence-electron chi connectivity index (χ0n) is 9.98. The second-order valence-corrected chi connectivity index (χ2v) is 5.41. The fourth-order valence-electron chi connectivity index (χ4n) is 1.39. The molecule has 5 nitrogen and oxygen atoms in total. The topological polar surface area (TPSA) is 62.5 Å². The Bertz CT molecular complexity index is 535. The molecule has 0 aliphatic heterocycles. The molecule has 1 unspecified atom stereocenters. The molecular formula is C11H15BrN4O. The van der Waals surface area contributed by atoms with Gasteiger partial charge in [-0.1, -0.05) is 0 Å². The van der Waals surface area contributed by atoms with Crippen LogP contribution in [0.3, 0.4) is 0 Å². The lowest BCUT2D eigenvalue weighted by atomic mass is 9.99. The highest BCUT2D eigenvalue weighted by molar-refractivity contribution is 9.10. The van der Waals surface area contributed by atoms with E-state index >= 15 is 0 Å². The molecule has 2 rings (SSSR count). The zero-order valence-corrected chi connectivity index (χ0v) is 11.6. The highest BCUT2D eigenvalue weighted by Crippen LogP contribution is 2.22. The van der Waals surface area contributed by atoms with Crippen molar-refractivity contribution in [2.75, 3.05) is 5.32 Å².